The van der Waals surface area contributed by atoms with Gasteiger partial charge in [0.25, 0.3) is 0 Å². The fraction of sp³-hybridized carbons (Fsp3) is 0.647. The monoisotopic (exact) mass is 464 g/mol. The van der Waals surface area contributed by atoms with Crippen LogP contribution in [0.25, 0.3) is 0 Å². The van der Waals surface area contributed by atoms with Crippen molar-refractivity contribution in [3.63, 3.8) is 0 Å². The highest BCUT2D eigenvalue weighted by molar-refractivity contribution is 5.77. The van der Waals surface area contributed by atoms with Crippen molar-refractivity contribution in [2.24, 2.45) is 5.73 Å². The van der Waals surface area contributed by atoms with Crippen LogP contribution in [0, 0.1) is 0 Å². The first-order valence-electron chi connectivity index (χ1n) is 9.38. The number of carbonyl (C=O) groups is 6. The van der Waals surface area contributed by atoms with Crippen molar-refractivity contribution in [2.45, 2.75) is 18.9 Å². The van der Waals surface area contributed by atoms with Gasteiger partial charge in [-0.05, 0) is 6.42 Å². The quantitative estimate of drug-likeness (QED) is 0.111. The summed E-state index contributed by atoms with van der Waals surface area (Å²) in [6.45, 7) is -3.12. The maximum absolute atomic E-state index is 11.8. The normalized spacial score (nSPS) is 12.1. The minimum atomic E-state index is -1.34. The van der Waals surface area contributed by atoms with Gasteiger partial charge in [0.2, 0.25) is 5.91 Å². The molecule has 0 unspecified atom stereocenters. The first kappa shape index (κ1) is 28.7. The van der Waals surface area contributed by atoms with Gasteiger partial charge in [-0.25, -0.2) is 0 Å². The van der Waals surface area contributed by atoms with Crippen molar-refractivity contribution < 1.29 is 54.3 Å². The first-order valence-corrected chi connectivity index (χ1v) is 9.38. The van der Waals surface area contributed by atoms with Gasteiger partial charge >= 0.3 is 29.8 Å². The van der Waals surface area contributed by atoms with Crippen molar-refractivity contribution >= 4 is 35.8 Å². The van der Waals surface area contributed by atoms with E-state index in [-0.39, 0.29) is 39.0 Å². The van der Waals surface area contributed by atoms with Gasteiger partial charge in [-0.3, -0.25) is 43.5 Å². The molecule has 0 bridgehead atoms. The number of carboxylic acids is 5. The molecular formula is C17H28N4O11. The topological polar surface area (TPSA) is 239 Å². The first-order chi connectivity index (χ1) is 14.8. The van der Waals surface area contributed by atoms with Crippen LogP contribution < -0.4 is 5.73 Å². The molecule has 0 aliphatic carbocycles. The fourth-order valence-corrected chi connectivity index (χ4v) is 2.90. The van der Waals surface area contributed by atoms with E-state index in [0.717, 1.165) is 9.80 Å². The van der Waals surface area contributed by atoms with Crippen molar-refractivity contribution in [1.29, 1.82) is 0 Å². The number of hydrogen-bond acceptors (Lipinski definition) is 9. The Hall–Kier alpha value is -3.30. The summed E-state index contributed by atoms with van der Waals surface area (Å²) in [5, 5.41) is 45.3. The predicted molar refractivity (Wildman–Crippen MR) is 105 cm³/mol. The van der Waals surface area contributed by atoms with Gasteiger partial charge in [-0.2, -0.15) is 0 Å². The Kier molecular flexibility index (Phi) is 13.1. The lowest BCUT2D eigenvalue weighted by molar-refractivity contribution is -0.146. The molecule has 15 nitrogen and oxygen atoms in total. The van der Waals surface area contributed by atoms with Gasteiger partial charge in [0, 0.05) is 32.6 Å². The van der Waals surface area contributed by atoms with Crippen LogP contribution in [-0.2, 0) is 28.8 Å². The van der Waals surface area contributed by atoms with Crippen molar-refractivity contribution in [3.05, 3.63) is 0 Å². The average Bonchev–Trinajstić information content (AvgIpc) is 2.60. The molecule has 0 fully saturated rings. The van der Waals surface area contributed by atoms with E-state index in [1.807, 2.05) is 0 Å². The number of primary amides is 1. The lowest BCUT2D eigenvalue weighted by Gasteiger charge is -2.32. The molecule has 182 valence electrons. The molecular weight excluding hydrogens is 436 g/mol. The Morgan fingerprint density at radius 3 is 1.22 bits per heavy atom. The zero-order valence-corrected chi connectivity index (χ0v) is 17.3. The summed E-state index contributed by atoms with van der Waals surface area (Å²) in [6.07, 6.45) is -0.490. The molecule has 0 radical (unpaired) electrons. The Morgan fingerprint density at radius 1 is 0.625 bits per heavy atom. The fourth-order valence-electron chi connectivity index (χ4n) is 2.90. The van der Waals surface area contributed by atoms with Crippen LogP contribution in [0.5, 0.6) is 0 Å². The number of carbonyl (C=O) groups excluding carboxylic acids is 1. The molecule has 7 N–H and O–H groups in total. The smallest absolute Gasteiger partial charge is 0.320 e. The summed E-state index contributed by atoms with van der Waals surface area (Å²) in [7, 11) is 0. The molecule has 0 rings (SSSR count). The number of aliphatic carboxylic acids is 5. The lowest BCUT2D eigenvalue weighted by atomic mass is 10.1. The SMILES string of the molecule is NC(=O)CC[C@@H](C(=O)O)N(CCN(CC(=O)O)CC(=O)O)CCN(CC(=O)O)CC(=O)O. The minimum absolute atomic E-state index is 0.149. The standard InChI is InChI=1S/C17H28N4O11/c18-12(22)2-1-11(17(31)32)21(5-3-19(7-13(23)24)8-14(25)26)6-4-20(9-15(27)28)10-16(29)30/h11H,1-10H2,(H2,18,22)(H,23,24)(H,25,26)(H,27,28)(H,29,30)(H,31,32)/t11-/m0/s1. The highest BCUT2D eigenvalue weighted by Crippen LogP contribution is 2.09. The van der Waals surface area contributed by atoms with Crippen LogP contribution in [0.4, 0.5) is 0 Å². The van der Waals surface area contributed by atoms with Crippen LogP contribution in [0.1, 0.15) is 12.8 Å². The summed E-state index contributed by atoms with van der Waals surface area (Å²) in [6, 6.07) is -1.28. The molecule has 0 saturated heterocycles. The van der Waals surface area contributed by atoms with Crippen molar-refractivity contribution in [2.75, 3.05) is 52.4 Å². The van der Waals surface area contributed by atoms with Gasteiger partial charge in [-0.15, -0.1) is 0 Å². The van der Waals surface area contributed by atoms with E-state index in [2.05, 4.69) is 0 Å². The Balaban J connectivity index is 5.53. The number of rotatable bonds is 19. The average molecular weight is 464 g/mol. The summed E-state index contributed by atoms with van der Waals surface area (Å²) in [5.74, 6) is -7.28. The van der Waals surface area contributed by atoms with Gasteiger partial charge < -0.3 is 31.3 Å². The van der Waals surface area contributed by atoms with Crippen molar-refractivity contribution in [3.8, 4) is 0 Å². The molecule has 0 heterocycles. The van der Waals surface area contributed by atoms with E-state index in [0.29, 0.717) is 0 Å². The molecule has 1 atom stereocenters. The van der Waals surface area contributed by atoms with Gasteiger partial charge in [-0.1, -0.05) is 0 Å². The van der Waals surface area contributed by atoms with Crippen LogP contribution in [0.3, 0.4) is 0 Å². The number of amides is 1. The number of hydrogen-bond donors (Lipinski definition) is 6. The maximum Gasteiger partial charge on any atom is 0.320 e. The predicted octanol–water partition coefficient (Wildman–Crippen LogP) is -3.05. The molecule has 0 aromatic rings. The van der Waals surface area contributed by atoms with Gasteiger partial charge in [0.15, 0.2) is 0 Å². The van der Waals surface area contributed by atoms with Gasteiger partial charge in [0.1, 0.15) is 6.04 Å². The second-order valence-corrected chi connectivity index (χ2v) is 6.89. The second-order valence-electron chi connectivity index (χ2n) is 6.89. The Labute approximate surface area is 182 Å². The molecule has 15 heteroatoms. The van der Waals surface area contributed by atoms with E-state index in [4.69, 9.17) is 26.2 Å². The molecule has 0 spiro atoms. The molecule has 0 aromatic heterocycles. The van der Waals surface area contributed by atoms with Crippen LogP contribution in [0.15, 0.2) is 0 Å². The number of carboxylic acid groups (broad SMARTS) is 5. The Bertz CT molecular complexity index is 628. The minimum Gasteiger partial charge on any atom is -0.480 e. The van der Waals surface area contributed by atoms with Crippen LogP contribution in [0.2, 0.25) is 0 Å². The number of nitrogens with zero attached hydrogens (tertiary/aromatic N) is 3. The van der Waals surface area contributed by atoms with Crippen molar-refractivity contribution in [1.82, 2.24) is 14.7 Å². The summed E-state index contributed by atoms with van der Waals surface area (Å²) < 4.78 is 0. The third-order valence-electron chi connectivity index (χ3n) is 4.23. The van der Waals surface area contributed by atoms with Crippen LogP contribution in [-0.4, -0.2) is 134 Å². The molecule has 0 aliphatic rings. The van der Waals surface area contributed by atoms with Gasteiger partial charge in [0.05, 0.1) is 26.2 Å². The number of nitrogens with two attached hydrogens (primary N) is 1. The molecule has 0 aliphatic heterocycles. The maximum atomic E-state index is 11.8. The molecule has 0 aromatic carbocycles. The van der Waals surface area contributed by atoms with Crippen LogP contribution >= 0.6 is 0 Å². The zero-order chi connectivity index (χ0) is 24.8. The zero-order valence-electron chi connectivity index (χ0n) is 17.3. The molecule has 0 saturated carbocycles. The van der Waals surface area contributed by atoms with E-state index >= 15 is 0 Å². The van der Waals surface area contributed by atoms with E-state index < -0.39 is 68.0 Å². The third-order valence-corrected chi connectivity index (χ3v) is 4.23. The van der Waals surface area contributed by atoms with E-state index in [1.165, 1.54) is 4.90 Å². The summed E-state index contributed by atoms with van der Waals surface area (Å²) in [5.41, 5.74) is 5.08. The lowest BCUT2D eigenvalue weighted by Crippen LogP contribution is -2.50. The summed E-state index contributed by atoms with van der Waals surface area (Å²) >= 11 is 0. The highest BCUT2D eigenvalue weighted by Gasteiger charge is 2.28. The van der Waals surface area contributed by atoms with E-state index in [9.17, 15) is 33.9 Å². The highest BCUT2D eigenvalue weighted by atomic mass is 16.4. The summed E-state index contributed by atoms with van der Waals surface area (Å²) in [4.78, 5) is 70.1. The second kappa shape index (κ2) is 14.7. The third kappa shape index (κ3) is 13.8. The van der Waals surface area contributed by atoms with E-state index in [1.54, 1.807) is 0 Å². The largest absolute Gasteiger partial charge is 0.480 e. The Morgan fingerprint density at radius 2 is 0.969 bits per heavy atom. The molecule has 32 heavy (non-hydrogen) atoms. The molecule has 1 amide bonds.